The Morgan fingerprint density at radius 1 is 1.38 bits per heavy atom. The van der Waals surface area contributed by atoms with Crippen LogP contribution in [0.15, 0.2) is 24.5 Å². The molecule has 1 saturated carbocycles. The van der Waals surface area contributed by atoms with Gasteiger partial charge in [-0.3, -0.25) is 9.78 Å². The molecule has 1 fully saturated rings. The van der Waals surface area contributed by atoms with Gasteiger partial charge in [0.25, 0.3) is 0 Å². The summed E-state index contributed by atoms with van der Waals surface area (Å²) in [7, 11) is 1.82. The van der Waals surface area contributed by atoms with Gasteiger partial charge in [-0.2, -0.15) is 0 Å². The van der Waals surface area contributed by atoms with E-state index < -0.39 is 5.41 Å². The quantitative estimate of drug-likeness (QED) is 0.686. The molecule has 5 heteroatoms. The van der Waals surface area contributed by atoms with Crippen LogP contribution < -0.4 is 5.73 Å². The van der Waals surface area contributed by atoms with E-state index in [2.05, 4.69) is 4.98 Å². The van der Waals surface area contributed by atoms with Gasteiger partial charge in [0.15, 0.2) is 0 Å². The molecule has 0 radical (unpaired) electrons. The average Bonchev–Trinajstić information content (AvgIpc) is 2.74. The smallest absolute Gasteiger partial charge is 0.235 e. The highest BCUT2D eigenvalue weighted by Crippen LogP contribution is 2.37. The minimum absolute atomic E-state index is 0.0563. The Hall–Kier alpha value is -1.49. The van der Waals surface area contributed by atoms with Crippen molar-refractivity contribution in [1.82, 2.24) is 9.88 Å². The number of thiocarbonyl (C=S) groups is 1. The van der Waals surface area contributed by atoms with Gasteiger partial charge in [-0.1, -0.05) is 44.0 Å². The summed E-state index contributed by atoms with van der Waals surface area (Å²) in [6, 6.07) is 3.85. The molecule has 114 valence electrons. The maximum Gasteiger partial charge on any atom is 0.235 e. The second-order valence-corrected chi connectivity index (χ2v) is 6.32. The number of hydrogen-bond acceptors (Lipinski definition) is 3. The van der Waals surface area contributed by atoms with Crippen molar-refractivity contribution in [3.8, 4) is 0 Å². The summed E-state index contributed by atoms with van der Waals surface area (Å²) in [5.41, 5.74) is 6.34. The number of aromatic nitrogens is 1. The van der Waals surface area contributed by atoms with Crippen LogP contribution in [0.3, 0.4) is 0 Å². The van der Waals surface area contributed by atoms with Crippen LogP contribution >= 0.6 is 12.2 Å². The summed E-state index contributed by atoms with van der Waals surface area (Å²) in [6.07, 6.45) is 9.41. The minimum atomic E-state index is -0.650. The molecule has 0 aromatic carbocycles. The molecule has 1 aromatic heterocycles. The average molecular weight is 305 g/mol. The molecule has 21 heavy (non-hydrogen) atoms. The van der Waals surface area contributed by atoms with Crippen LogP contribution in [0, 0.1) is 5.41 Å². The maximum atomic E-state index is 13.0. The van der Waals surface area contributed by atoms with Crippen LogP contribution in [-0.4, -0.2) is 27.8 Å². The molecular weight excluding hydrogens is 282 g/mol. The topological polar surface area (TPSA) is 59.2 Å². The van der Waals surface area contributed by atoms with Crippen LogP contribution in [0.5, 0.6) is 0 Å². The van der Waals surface area contributed by atoms with Gasteiger partial charge < -0.3 is 10.6 Å². The van der Waals surface area contributed by atoms with E-state index in [1.807, 2.05) is 19.2 Å². The zero-order valence-electron chi connectivity index (χ0n) is 12.5. The zero-order chi connectivity index (χ0) is 15.3. The number of nitrogens with two attached hydrogens (primary N) is 1. The lowest BCUT2D eigenvalue weighted by Gasteiger charge is -2.34. The van der Waals surface area contributed by atoms with E-state index in [0.717, 1.165) is 44.1 Å². The number of nitrogens with zero attached hydrogens (tertiary/aromatic N) is 2. The normalized spacial score (nSPS) is 17.8. The van der Waals surface area contributed by atoms with Gasteiger partial charge >= 0.3 is 0 Å². The first-order chi connectivity index (χ1) is 10.1. The third-order valence-corrected chi connectivity index (χ3v) is 4.72. The van der Waals surface area contributed by atoms with Gasteiger partial charge in [-0.05, 0) is 24.5 Å². The third kappa shape index (κ3) is 3.59. The molecule has 1 amide bonds. The van der Waals surface area contributed by atoms with E-state index in [9.17, 15) is 4.79 Å². The highest BCUT2D eigenvalue weighted by atomic mass is 32.1. The van der Waals surface area contributed by atoms with Crippen LogP contribution in [0.4, 0.5) is 0 Å². The minimum Gasteiger partial charge on any atom is -0.392 e. The van der Waals surface area contributed by atoms with Gasteiger partial charge in [0.1, 0.15) is 0 Å². The fourth-order valence-electron chi connectivity index (χ4n) is 3.10. The van der Waals surface area contributed by atoms with Crippen molar-refractivity contribution in [1.29, 1.82) is 0 Å². The number of hydrogen-bond donors (Lipinski definition) is 1. The van der Waals surface area contributed by atoms with Gasteiger partial charge in [0.2, 0.25) is 5.91 Å². The Bertz CT molecular complexity index is 496. The van der Waals surface area contributed by atoms with E-state index in [0.29, 0.717) is 11.5 Å². The maximum absolute atomic E-state index is 13.0. The first-order valence-corrected chi connectivity index (χ1v) is 7.91. The predicted octanol–water partition coefficient (Wildman–Crippen LogP) is 2.67. The molecule has 0 spiro atoms. The lowest BCUT2D eigenvalue weighted by Crippen LogP contribution is -2.49. The summed E-state index contributed by atoms with van der Waals surface area (Å²) in [4.78, 5) is 19.1. The van der Waals surface area contributed by atoms with Crippen molar-refractivity contribution in [3.63, 3.8) is 0 Å². The number of pyridine rings is 1. The molecule has 0 saturated heterocycles. The summed E-state index contributed by atoms with van der Waals surface area (Å²) < 4.78 is 0. The highest BCUT2D eigenvalue weighted by Gasteiger charge is 2.43. The standard InChI is InChI=1S/C16H23N3OS/c1-19(12-13-7-6-10-18-11-13)15(20)16(14(17)21)8-4-2-3-5-9-16/h6-7,10-11H,2-5,8-9,12H2,1H3,(H2,17,21). The molecule has 4 nitrogen and oxygen atoms in total. The van der Waals surface area contributed by atoms with Gasteiger partial charge in [0, 0.05) is 26.0 Å². The van der Waals surface area contributed by atoms with E-state index in [1.165, 1.54) is 0 Å². The molecule has 1 aromatic rings. The fraction of sp³-hybridized carbons (Fsp3) is 0.562. The second kappa shape index (κ2) is 6.98. The summed E-state index contributed by atoms with van der Waals surface area (Å²) >= 11 is 5.27. The monoisotopic (exact) mass is 305 g/mol. The van der Waals surface area contributed by atoms with Crippen molar-refractivity contribution in [2.75, 3.05) is 7.05 Å². The SMILES string of the molecule is CN(Cc1cccnc1)C(=O)C1(C(N)=S)CCCCCC1. The molecule has 0 unspecified atom stereocenters. The predicted molar refractivity (Wildman–Crippen MR) is 87.6 cm³/mol. The molecule has 0 bridgehead atoms. The molecule has 0 aliphatic heterocycles. The molecule has 2 N–H and O–H groups in total. The number of amides is 1. The Balaban J connectivity index is 2.16. The van der Waals surface area contributed by atoms with Gasteiger partial charge in [-0.15, -0.1) is 0 Å². The van der Waals surface area contributed by atoms with Gasteiger partial charge in [0.05, 0.1) is 10.4 Å². The summed E-state index contributed by atoms with van der Waals surface area (Å²) in [5.74, 6) is 0.0563. The van der Waals surface area contributed by atoms with Crippen LogP contribution in [-0.2, 0) is 11.3 Å². The first-order valence-electron chi connectivity index (χ1n) is 7.51. The van der Waals surface area contributed by atoms with Crippen molar-refractivity contribution >= 4 is 23.1 Å². The van der Waals surface area contributed by atoms with Crippen molar-refractivity contribution in [3.05, 3.63) is 30.1 Å². The molecular formula is C16H23N3OS. The van der Waals surface area contributed by atoms with E-state index >= 15 is 0 Å². The Morgan fingerprint density at radius 2 is 2.05 bits per heavy atom. The Morgan fingerprint density at radius 3 is 2.57 bits per heavy atom. The molecule has 1 aliphatic carbocycles. The molecule has 1 heterocycles. The molecule has 1 aliphatic rings. The first kappa shape index (κ1) is 15.9. The van der Waals surface area contributed by atoms with E-state index in [4.69, 9.17) is 18.0 Å². The third-order valence-electron chi connectivity index (χ3n) is 4.33. The van der Waals surface area contributed by atoms with Crippen LogP contribution in [0.2, 0.25) is 0 Å². The zero-order valence-corrected chi connectivity index (χ0v) is 13.4. The number of rotatable bonds is 4. The Labute approximate surface area is 131 Å². The summed E-state index contributed by atoms with van der Waals surface area (Å²) in [6.45, 7) is 0.539. The van der Waals surface area contributed by atoms with Gasteiger partial charge in [-0.25, -0.2) is 0 Å². The van der Waals surface area contributed by atoms with E-state index in [-0.39, 0.29) is 5.91 Å². The number of carbonyl (C=O) groups excluding carboxylic acids is 1. The highest BCUT2D eigenvalue weighted by molar-refractivity contribution is 7.80. The van der Waals surface area contributed by atoms with E-state index in [1.54, 1.807) is 17.3 Å². The van der Waals surface area contributed by atoms with Crippen molar-refractivity contribution in [2.45, 2.75) is 45.1 Å². The molecule has 0 atom stereocenters. The van der Waals surface area contributed by atoms with Crippen molar-refractivity contribution < 1.29 is 4.79 Å². The van der Waals surface area contributed by atoms with Crippen LogP contribution in [0.25, 0.3) is 0 Å². The second-order valence-electron chi connectivity index (χ2n) is 5.88. The fourth-order valence-corrected chi connectivity index (χ4v) is 3.39. The number of carbonyl (C=O) groups is 1. The van der Waals surface area contributed by atoms with Crippen molar-refractivity contribution in [2.24, 2.45) is 11.1 Å². The lowest BCUT2D eigenvalue weighted by atomic mass is 9.79. The largest absolute Gasteiger partial charge is 0.392 e. The Kier molecular flexibility index (Phi) is 5.28. The summed E-state index contributed by atoms with van der Waals surface area (Å²) in [5, 5.41) is 0. The lowest BCUT2D eigenvalue weighted by molar-refractivity contribution is -0.138. The molecule has 2 rings (SSSR count). The van der Waals surface area contributed by atoms with Crippen LogP contribution in [0.1, 0.15) is 44.1 Å².